The molecular weight excluding hydrogens is 506 g/mol. The Bertz CT molecular complexity index is 931. The van der Waals surface area contributed by atoms with Gasteiger partial charge in [0.25, 0.3) is 0 Å². The van der Waals surface area contributed by atoms with Crippen LogP contribution in [0.2, 0.25) is 0 Å². The average Bonchev–Trinajstić information content (AvgIpc) is 3.23. The van der Waals surface area contributed by atoms with E-state index in [1.165, 1.54) is 76.5 Å². The summed E-state index contributed by atoms with van der Waals surface area (Å²) in [7, 11) is 0. The number of carbonyl (C=O) groups is 1. The highest BCUT2D eigenvalue weighted by molar-refractivity contribution is 6.25. The first-order valence-corrected chi connectivity index (χ1v) is 15.7. The van der Waals surface area contributed by atoms with Crippen molar-refractivity contribution in [2.45, 2.75) is 83.6 Å². The Balaban J connectivity index is 1.82. The molecule has 0 radical (unpaired) electrons. The van der Waals surface area contributed by atoms with Crippen molar-refractivity contribution in [1.29, 1.82) is 0 Å². The molecule has 0 amide bonds. The predicted molar refractivity (Wildman–Crippen MR) is 167 cm³/mol. The maximum atomic E-state index is 12.7. The van der Waals surface area contributed by atoms with E-state index < -0.39 is 0 Å². The van der Waals surface area contributed by atoms with E-state index in [2.05, 4.69) is 33.8 Å². The lowest BCUT2D eigenvalue weighted by molar-refractivity contribution is 0.0526. The summed E-state index contributed by atoms with van der Waals surface area (Å²) in [6.07, 6.45) is 19.5. The number of piperidine rings is 1. The van der Waals surface area contributed by atoms with Crippen LogP contribution >= 0.6 is 11.6 Å². The highest BCUT2D eigenvalue weighted by atomic mass is 35.5. The average molecular weight is 556 g/mol. The Kier molecular flexibility index (Phi) is 14.8. The van der Waals surface area contributed by atoms with Crippen LogP contribution in [0.4, 0.5) is 5.69 Å². The molecule has 1 saturated carbocycles. The molecule has 6 heteroatoms. The number of benzene rings is 1. The van der Waals surface area contributed by atoms with Crippen LogP contribution in [-0.4, -0.2) is 67.7 Å². The molecule has 2 fully saturated rings. The quantitative estimate of drug-likeness (QED) is 0.135. The summed E-state index contributed by atoms with van der Waals surface area (Å²) in [5.74, 6) is -0.266. The number of hydrogen-bond donors (Lipinski definition) is 1. The van der Waals surface area contributed by atoms with Gasteiger partial charge in [-0.25, -0.2) is 4.79 Å². The lowest BCUT2D eigenvalue weighted by Gasteiger charge is -2.30. The molecule has 1 aliphatic carbocycles. The van der Waals surface area contributed by atoms with Gasteiger partial charge in [0.15, 0.2) is 0 Å². The van der Waals surface area contributed by atoms with Gasteiger partial charge in [0.2, 0.25) is 0 Å². The number of nitrogens with zero attached hydrogens (tertiary/aromatic N) is 2. The van der Waals surface area contributed by atoms with Crippen molar-refractivity contribution >= 4 is 28.8 Å². The summed E-state index contributed by atoms with van der Waals surface area (Å²) in [4.78, 5) is 17.8. The van der Waals surface area contributed by atoms with Crippen LogP contribution in [0.1, 0.15) is 93.5 Å². The minimum atomic E-state index is -0.266. The van der Waals surface area contributed by atoms with E-state index in [4.69, 9.17) is 16.3 Å². The van der Waals surface area contributed by atoms with Crippen LogP contribution < -0.4 is 5.32 Å². The Morgan fingerprint density at radius 2 is 1.87 bits per heavy atom. The molecule has 0 unspecified atom stereocenters. The van der Waals surface area contributed by atoms with Crippen LogP contribution in [0.5, 0.6) is 0 Å². The Morgan fingerprint density at radius 3 is 2.56 bits per heavy atom. The van der Waals surface area contributed by atoms with Crippen molar-refractivity contribution < 1.29 is 9.53 Å². The van der Waals surface area contributed by atoms with Crippen molar-refractivity contribution in [2.24, 2.45) is 0 Å². The Labute approximate surface area is 242 Å². The molecule has 0 bridgehead atoms. The zero-order valence-corrected chi connectivity index (χ0v) is 24.9. The Morgan fingerprint density at radius 1 is 1.13 bits per heavy atom. The fraction of sp³-hybridized carbons (Fsp3) is 0.606. The molecule has 0 atom stereocenters. The zero-order chi connectivity index (χ0) is 27.7. The van der Waals surface area contributed by atoms with Gasteiger partial charge >= 0.3 is 5.97 Å². The molecule has 3 rings (SSSR count). The first-order chi connectivity index (χ1) is 19.1. The minimum absolute atomic E-state index is 0.266. The van der Waals surface area contributed by atoms with E-state index in [-0.39, 0.29) is 5.97 Å². The van der Waals surface area contributed by atoms with Crippen LogP contribution in [0, 0.1) is 0 Å². The molecule has 0 aromatic heterocycles. The van der Waals surface area contributed by atoms with E-state index in [9.17, 15) is 4.79 Å². The predicted octanol–water partition coefficient (Wildman–Crippen LogP) is 7.89. The highest BCUT2D eigenvalue weighted by Crippen LogP contribution is 2.31. The number of esters is 1. The van der Waals surface area contributed by atoms with Gasteiger partial charge in [-0.3, -0.25) is 4.90 Å². The third-order valence-corrected chi connectivity index (χ3v) is 8.13. The van der Waals surface area contributed by atoms with Gasteiger partial charge in [0, 0.05) is 49.0 Å². The lowest BCUT2D eigenvalue weighted by atomic mass is 9.96. The monoisotopic (exact) mass is 555 g/mol. The van der Waals surface area contributed by atoms with E-state index in [1.54, 1.807) is 5.54 Å². The molecule has 1 aromatic rings. The number of carbonyl (C=O) groups excluding carboxylic acids is 1. The van der Waals surface area contributed by atoms with Gasteiger partial charge < -0.3 is 15.0 Å². The smallest absolute Gasteiger partial charge is 0.338 e. The summed E-state index contributed by atoms with van der Waals surface area (Å²) in [6, 6.07) is 6.48. The van der Waals surface area contributed by atoms with Crippen molar-refractivity contribution in [1.82, 2.24) is 9.80 Å². The number of anilines is 1. The van der Waals surface area contributed by atoms with Crippen molar-refractivity contribution in [3.63, 3.8) is 0 Å². The summed E-state index contributed by atoms with van der Waals surface area (Å²) < 4.78 is 5.35. The summed E-state index contributed by atoms with van der Waals surface area (Å²) >= 11 is 5.93. The molecule has 39 heavy (non-hydrogen) atoms. The fourth-order valence-electron chi connectivity index (χ4n) is 5.72. The number of nitrogens with one attached hydrogen (secondary N) is 1. The number of likely N-dealkylation sites (tertiary alicyclic amines) is 1. The topological polar surface area (TPSA) is 44.8 Å². The normalized spacial score (nSPS) is 17.9. The van der Waals surface area contributed by atoms with E-state index >= 15 is 0 Å². The van der Waals surface area contributed by atoms with Gasteiger partial charge in [-0.1, -0.05) is 61.9 Å². The second-order valence-corrected chi connectivity index (χ2v) is 11.1. The lowest BCUT2D eigenvalue weighted by Crippen LogP contribution is -2.38. The number of halogens is 1. The molecule has 1 saturated heterocycles. The third-order valence-electron chi connectivity index (χ3n) is 7.95. The van der Waals surface area contributed by atoms with Gasteiger partial charge in [-0.2, -0.15) is 0 Å². The highest BCUT2D eigenvalue weighted by Gasteiger charge is 2.19. The number of hydrogen-bond acceptors (Lipinski definition) is 5. The SMILES string of the molecule is C=CC/C=C(\CCN(C/C=C/Cl)CCN1CCCCC1)c1cc(C(=O)OCC)ccc1NC1CCCCCC1. The van der Waals surface area contributed by atoms with E-state index in [1.807, 2.05) is 31.2 Å². The van der Waals surface area contributed by atoms with E-state index in [0.29, 0.717) is 18.2 Å². The third kappa shape index (κ3) is 11.1. The van der Waals surface area contributed by atoms with Crippen LogP contribution in [0.25, 0.3) is 5.57 Å². The van der Waals surface area contributed by atoms with Gasteiger partial charge in [-0.15, -0.1) is 6.58 Å². The molecule has 0 spiro atoms. The standard InChI is InChI=1S/C33H50ClN3O2/c1-3-5-14-28(19-24-37(23-13-20-34)26-25-36-21-11-8-12-22-36)31-27-29(33(38)39-4-2)17-18-32(31)35-30-15-9-6-7-10-16-30/h3,13-14,17-18,20,27,30,35H,1,4-12,15-16,19,21-26H2,2H3/b20-13+,28-14+. The van der Waals surface area contributed by atoms with Crippen LogP contribution in [0.15, 0.2) is 48.5 Å². The molecule has 216 valence electrons. The molecule has 1 heterocycles. The van der Waals surface area contributed by atoms with Gasteiger partial charge in [-0.05, 0) is 82.3 Å². The molecular formula is C33H50ClN3O2. The van der Waals surface area contributed by atoms with Crippen molar-refractivity contribution in [2.75, 3.05) is 51.2 Å². The zero-order valence-electron chi connectivity index (χ0n) is 24.1. The number of ether oxygens (including phenoxy) is 1. The molecule has 1 aromatic carbocycles. The first kappa shape index (κ1) is 31.4. The Hall–Kier alpha value is -2.08. The van der Waals surface area contributed by atoms with Crippen LogP contribution in [-0.2, 0) is 4.74 Å². The van der Waals surface area contributed by atoms with Gasteiger partial charge in [0.1, 0.15) is 0 Å². The van der Waals surface area contributed by atoms with Crippen LogP contribution in [0.3, 0.4) is 0 Å². The molecule has 5 nitrogen and oxygen atoms in total. The van der Waals surface area contributed by atoms with Crippen molar-refractivity contribution in [3.05, 3.63) is 59.7 Å². The molecule has 1 aliphatic heterocycles. The molecule has 1 N–H and O–H groups in total. The second kappa shape index (κ2) is 18.3. The number of rotatable bonds is 15. The van der Waals surface area contributed by atoms with Crippen molar-refractivity contribution in [3.8, 4) is 0 Å². The maximum Gasteiger partial charge on any atom is 0.338 e. The first-order valence-electron chi connectivity index (χ1n) is 15.2. The largest absolute Gasteiger partial charge is 0.462 e. The second-order valence-electron chi connectivity index (χ2n) is 10.9. The van der Waals surface area contributed by atoms with E-state index in [0.717, 1.165) is 50.3 Å². The summed E-state index contributed by atoms with van der Waals surface area (Å²) in [5.41, 5.74) is 5.70. The van der Waals surface area contributed by atoms with Gasteiger partial charge in [0.05, 0.1) is 12.2 Å². The summed E-state index contributed by atoms with van der Waals surface area (Å²) in [5, 5.41) is 3.87. The molecule has 2 aliphatic rings. The fourth-order valence-corrected chi connectivity index (χ4v) is 5.80. The number of allylic oxidation sites excluding steroid dienone is 2. The maximum absolute atomic E-state index is 12.7. The summed E-state index contributed by atoms with van der Waals surface area (Å²) in [6.45, 7) is 12.5. The minimum Gasteiger partial charge on any atom is -0.462 e.